The summed E-state index contributed by atoms with van der Waals surface area (Å²) in [5.41, 5.74) is 6.97. The largest absolute Gasteiger partial charge is 4.00 e. The first-order valence-corrected chi connectivity index (χ1v) is 4.99. The zero-order chi connectivity index (χ0) is 13.3. The molecule has 0 aromatic heterocycles. The van der Waals surface area contributed by atoms with Crippen LogP contribution in [0.1, 0.15) is 27.2 Å². The first-order chi connectivity index (χ1) is 6.80. The fraction of sp³-hybridized carbons (Fsp3) is 1.00. The number of rotatable bonds is 1. The van der Waals surface area contributed by atoms with Crippen LogP contribution in [0.4, 0.5) is 0 Å². The standard InChI is InChI=1S/C5H12N.3C2H6N.V/c1-4-5(2,3)6;3*1-3-2;/h6H,4H2,1-3H3;3*1-2H3;/q4*-1;+4. The zero-order valence-electron chi connectivity index (χ0n) is 12.5. The van der Waals surface area contributed by atoms with Crippen LogP contribution in [0, 0.1) is 0 Å². The van der Waals surface area contributed by atoms with E-state index in [0.717, 1.165) is 6.42 Å². The summed E-state index contributed by atoms with van der Waals surface area (Å²) in [5, 5.41) is 10.5. The van der Waals surface area contributed by atoms with E-state index in [9.17, 15) is 0 Å². The molecule has 0 aliphatic heterocycles. The Bertz CT molecular complexity index is 70.1. The molecule has 99 valence electrons. The molecule has 0 aliphatic rings. The van der Waals surface area contributed by atoms with Gasteiger partial charge in [-0.05, 0) is 0 Å². The van der Waals surface area contributed by atoms with Crippen molar-refractivity contribution in [2.24, 2.45) is 0 Å². The van der Waals surface area contributed by atoms with E-state index in [0.29, 0.717) is 0 Å². The van der Waals surface area contributed by atoms with E-state index in [1.54, 1.807) is 42.3 Å². The molecule has 0 saturated heterocycles. The molecule has 0 atom stereocenters. The van der Waals surface area contributed by atoms with Gasteiger partial charge < -0.3 is 21.7 Å². The smallest absolute Gasteiger partial charge is 0.672 e. The van der Waals surface area contributed by atoms with Gasteiger partial charge in [0.15, 0.2) is 0 Å². The second-order valence-electron chi connectivity index (χ2n) is 3.58. The first kappa shape index (κ1) is 29.9. The maximum absolute atomic E-state index is 7.18. The van der Waals surface area contributed by atoms with Gasteiger partial charge in [0.2, 0.25) is 0 Å². The summed E-state index contributed by atoms with van der Waals surface area (Å²) in [6.45, 7) is 5.84. The van der Waals surface area contributed by atoms with Gasteiger partial charge in [-0.25, -0.2) is 0 Å². The monoisotopic (exact) mass is 269 g/mol. The van der Waals surface area contributed by atoms with E-state index in [4.69, 9.17) is 5.73 Å². The molecule has 16 heavy (non-hydrogen) atoms. The minimum absolute atomic E-state index is 0. The maximum atomic E-state index is 7.18. The Morgan fingerprint density at radius 3 is 0.875 bits per heavy atom. The summed E-state index contributed by atoms with van der Waals surface area (Å²) < 4.78 is 0. The van der Waals surface area contributed by atoms with Crippen molar-refractivity contribution in [2.75, 3.05) is 42.3 Å². The van der Waals surface area contributed by atoms with E-state index in [1.165, 1.54) is 0 Å². The third kappa shape index (κ3) is 222. The van der Waals surface area contributed by atoms with Crippen molar-refractivity contribution < 1.29 is 18.6 Å². The van der Waals surface area contributed by atoms with Crippen LogP contribution in [0.5, 0.6) is 0 Å². The summed E-state index contributed by atoms with van der Waals surface area (Å²) in [6.07, 6.45) is 0.938. The van der Waals surface area contributed by atoms with Crippen molar-refractivity contribution in [3.8, 4) is 0 Å². The number of nitrogens with one attached hydrogen (secondary N) is 1. The van der Waals surface area contributed by atoms with Gasteiger partial charge in [0.05, 0.1) is 0 Å². The van der Waals surface area contributed by atoms with Crippen molar-refractivity contribution >= 4 is 0 Å². The van der Waals surface area contributed by atoms with Crippen LogP contribution in [-0.4, -0.2) is 47.8 Å². The fourth-order valence-corrected chi connectivity index (χ4v) is 0. The molecule has 1 N–H and O–H groups in total. The Morgan fingerprint density at radius 2 is 0.875 bits per heavy atom. The van der Waals surface area contributed by atoms with E-state index in [1.807, 2.05) is 20.8 Å². The normalized spacial score (nSPS) is 7.88. The van der Waals surface area contributed by atoms with Crippen molar-refractivity contribution in [1.29, 1.82) is 0 Å². The molecule has 0 heterocycles. The molecular weight excluding hydrogens is 239 g/mol. The van der Waals surface area contributed by atoms with Crippen LogP contribution >= 0.6 is 0 Å². The van der Waals surface area contributed by atoms with E-state index < -0.39 is 0 Å². The molecule has 0 unspecified atom stereocenters. The van der Waals surface area contributed by atoms with Crippen molar-refractivity contribution in [2.45, 2.75) is 32.7 Å². The van der Waals surface area contributed by atoms with Gasteiger partial charge in [-0.15, -0.1) is 5.54 Å². The predicted molar refractivity (Wildman–Crippen MR) is 74.3 cm³/mol. The molecule has 0 amide bonds. The van der Waals surface area contributed by atoms with Gasteiger partial charge in [0.25, 0.3) is 0 Å². The average molecular weight is 269 g/mol. The number of hydrogen-bond acceptors (Lipinski definition) is 0. The summed E-state index contributed by atoms with van der Waals surface area (Å²) in [4.78, 5) is 0. The van der Waals surface area contributed by atoms with Crippen LogP contribution in [0.3, 0.4) is 0 Å². The van der Waals surface area contributed by atoms with Gasteiger partial charge in [-0.2, -0.15) is 42.3 Å². The number of nitrogens with zero attached hydrogens (tertiary/aromatic N) is 3. The third-order valence-corrected chi connectivity index (χ3v) is 0.884. The minimum atomic E-state index is -0.208. The molecule has 0 bridgehead atoms. The van der Waals surface area contributed by atoms with Gasteiger partial charge in [-0.1, -0.05) is 27.2 Å². The quantitative estimate of drug-likeness (QED) is 0.688. The summed E-state index contributed by atoms with van der Waals surface area (Å²) in [7, 11) is 10.5. The fourth-order valence-electron chi connectivity index (χ4n) is 0. The van der Waals surface area contributed by atoms with Crippen LogP contribution in [0.25, 0.3) is 21.7 Å². The van der Waals surface area contributed by atoms with Gasteiger partial charge in [0.1, 0.15) is 0 Å². The second kappa shape index (κ2) is 29.5. The summed E-state index contributed by atoms with van der Waals surface area (Å²) >= 11 is 0. The average Bonchev–Trinajstić information content (AvgIpc) is 2.07. The molecule has 0 rings (SSSR count). The molecular formula is C11H30N4V. The summed E-state index contributed by atoms with van der Waals surface area (Å²) in [6, 6.07) is 0. The summed E-state index contributed by atoms with van der Waals surface area (Å²) in [5.74, 6) is 0. The van der Waals surface area contributed by atoms with E-state index in [-0.39, 0.29) is 24.1 Å². The van der Waals surface area contributed by atoms with Crippen molar-refractivity contribution in [1.82, 2.24) is 0 Å². The molecule has 4 nitrogen and oxygen atoms in total. The zero-order valence-corrected chi connectivity index (χ0v) is 13.9. The Hall–Kier alpha value is 0.424. The van der Waals surface area contributed by atoms with Crippen LogP contribution < -0.4 is 0 Å². The molecule has 5 heteroatoms. The van der Waals surface area contributed by atoms with E-state index >= 15 is 0 Å². The first-order valence-electron chi connectivity index (χ1n) is 4.99. The van der Waals surface area contributed by atoms with E-state index in [2.05, 4.69) is 16.0 Å². The Balaban J connectivity index is -0.0000000353. The molecule has 0 aromatic rings. The molecule has 0 aliphatic carbocycles. The molecule has 0 fully saturated rings. The van der Waals surface area contributed by atoms with Gasteiger partial charge in [0, 0.05) is 0 Å². The Morgan fingerprint density at radius 1 is 0.812 bits per heavy atom. The topological polar surface area (TPSA) is 66.1 Å². The van der Waals surface area contributed by atoms with Gasteiger partial charge >= 0.3 is 18.6 Å². The van der Waals surface area contributed by atoms with Gasteiger partial charge in [-0.3, -0.25) is 0 Å². The van der Waals surface area contributed by atoms with Crippen LogP contribution in [-0.2, 0) is 18.6 Å². The van der Waals surface area contributed by atoms with Crippen LogP contribution in [0.15, 0.2) is 0 Å². The molecule has 0 aromatic carbocycles. The Labute approximate surface area is 115 Å². The van der Waals surface area contributed by atoms with Crippen LogP contribution in [0.2, 0.25) is 0 Å². The minimum Gasteiger partial charge on any atom is -0.672 e. The SMILES string of the molecule is CCC(C)(C)[NH-].C[N-]C.C[N-]C.C[N-]C.[V+4]. The maximum Gasteiger partial charge on any atom is 4.00 e. The Kier molecular flexibility index (Phi) is 55.3. The molecule has 0 saturated carbocycles. The molecule has 0 spiro atoms. The van der Waals surface area contributed by atoms with Crippen molar-refractivity contribution in [3.05, 3.63) is 21.7 Å². The second-order valence-corrected chi connectivity index (χ2v) is 3.58. The predicted octanol–water partition coefficient (Wildman–Crippen LogP) is 4.08. The number of hydrogen-bond donors (Lipinski definition) is 0. The molecule has 1 radical (unpaired) electrons. The third-order valence-electron chi connectivity index (χ3n) is 0.884. The van der Waals surface area contributed by atoms with Crippen molar-refractivity contribution in [3.63, 3.8) is 0 Å².